The van der Waals surface area contributed by atoms with Gasteiger partial charge in [-0.3, -0.25) is 0 Å². The van der Waals surface area contributed by atoms with Crippen molar-refractivity contribution in [3.63, 3.8) is 0 Å². The minimum atomic E-state index is -3.33. The molecular weight excluding hydrogens is 362 g/mol. The Labute approximate surface area is 160 Å². The van der Waals surface area contributed by atoms with E-state index in [1.54, 1.807) is 0 Å². The zero-order valence-electron chi connectivity index (χ0n) is 15.3. The first-order valence-electron chi connectivity index (χ1n) is 9.51. The zero-order valence-corrected chi connectivity index (χ0v) is 16.1. The Balaban J connectivity index is 1.38. The topological polar surface area (TPSA) is 64.6 Å². The number of nitrogens with one attached hydrogen (secondary N) is 1. The Hall–Kier alpha value is -2.05. The van der Waals surface area contributed by atoms with E-state index in [1.165, 1.54) is 18.4 Å². The minimum absolute atomic E-state index is 0.0198. The second-order valence-corrected chi connectivity index (χ2v) is 9.08. The molecule has 6 heteroatoms. The van der Waals surface area contributed by atoms with Gasteiger partial charge in [0.1, 0.15) is 13.2 Å². The summed E-state index contributed by atoms with van der Waals surface area (Å²) < 4.78 is 38.8. The van der Waals surface area contributed by atoms with Gasteiger partial charge < -0.3 is 9.47 Å². The van der Waals surface area contributed by atoms with Crippen molar-refractivity contribution in [1.82, 2.24) is 4.72 Å². The number of rotatable bonds is 8. The van der Waals surface area contributed by atoms with Crippen LogP contribution in [0.25, 0.3) is 0 Å². The average Bonchev–Trinajstić information content (AvgIpc) is 3.50. The van der Waals surface area contributed by atoms with Gasteiger partial charge in [0.2, 0.25) is 10.0 Å². The molecule has 144 valence electrons. The van der Waals surface area contributed by atoms with E-state index >= 15 is 0 Å². The molecule has 1 fully saturated rings. The number of hydrogen-bond donors (Lipinski definition) is 1. The summed E-state index contributed by atoms with van der Waals surface area (Å²) in [7, 11) is -3.33. The molecule has 1 aliphatic carbocycles. The number of sulfonamides is 1. The maximum Gasteiger partial charge on any atom is 0.215 e. The largest absolute Gasteiger partial charge is 0.486 e. The van der Waals surface area contributed by atoms with Gasteiger partial charge in [-0.25, -0.2) is 13.1 Å². The smallest absolute Gasteiger partial charge is 0.215 e. The third-order valence-corrected chi connectivity index (χ3v) is 6.52. The first-order chi connectivity index (χ1) is 13.1. The van der Waals surface area contributed by atoms with Crippen LogP contribution in [0.5, 0.6) is 11.5 Å². The number of benzene rings is 2. The quantitative estimate of drug-likeness (QED) is 0.753. The first kappa shape index (κ1) is 18.3. The van der Waals surface area contributed by atoms with E-state index in [4.69, 9.17) is 9.47 Å². The summed E-state index contributed by atoms with van der Waals surface area (Å²) in [5.74, 6) is 2.59. The molecule has 2 aromatic carbocycles. The van der Waals surface area contributed by atoms with Crippen LogP contribution in [0.3, 0.4) is 0 Å². The zero-order chi connectivity index (χ0) is 18.7. The maximum atomic E-state index is 12.3. The highest BCUT2D eigenvalue weighted by Gasteiger charge is 2.33. The molecular formula is C21H25NO4S. The van der Waals surface area contributed by atoms with Gasteiger partial charge in [-0.2, -0.15) is 0 Å². The Morgan fingerprint density at radius 3 is 2.48 bits per heavy atom. The van der Waals surface area contributed by atoms with Crippen LogP contribution >= 0.6 is 0 Å². The maximum absolute atomic E-state index is 12.3. The van der Waals surface area contributed by atoms with Crippen molar-refractivity contribution in [1.29, 1.82) is 0 Å². The van der Waals surface area contributed by atoms with Crippen molar-refractivity contribution < 1.29 is 17.9 Å². The number of hydrogen-bond acceptors (Lipinski definition) is 4. The van der Waals surface area contributed by atoms with Crippen LogP contribution in [-0.2, 0) is 15.8 Å². The molecule has 0 amide bonds. The lowest BCUT2D eigenvalue weighted by molar-refractivity contribution is 0.171. The highest BCUT2D eigenvalue weighted by molar-refractivity contribution is 7.88. The predicted molar refractivity (Wildman–Crippen MR) is 105 cm³/mol. The highest BCUT2D eigenvalue weighted by Crippen LogP contribution is 2.46. The second kappa shape index (κ2) is 7.90. The summed E-state index contributed by atoms with van der Waals surface area (Å²) in [6.07, 6.45) is 3.20. The van der Waals surface area contributed by atoms with Gasteiger partial charge in [0, 0.05) is 6.54 Å². The van der Waals surface area contributed by atoms with E-state index in [-0.39, 0.29) is 5.75 Å². The Morgan fingerprint density at radius 1 is 1.00 bits per heavy atom. The van der Waals surface area contributed by atoms with Crippen molar-refractivity contribution in [3.8, 4) is 11.5 Å². The lowest BCUT2D eigenvalue weighted by Gasteiger charge is -2.22. The minimum Gasteiger partial charge on any atom is -0.486 e. The van der Waals surface area contributed by atoms with Gasteiger partial charge in [-0.15, -0.1) is 0 Å². The van der Waals surface area contributed by atoms with Crippen molar-refractivity contribution in [2.24, 2.45) is 5.92 Å². The van der Waals surface area contributed by atoms with Crippen LogP contribution in [0.15, 0.2) is 48.5 Å². The second-order valence-electron chi connectivity index (χ2n) is 7.27. The molecule has 1 saturated carbocycles. The SMILES string of the molecule is O=S(=O)(Cc1ccccc1)NCCC(c1ccc2c(c1)OCCO2)C1CC1. The highest BCUT2D eigenvalue weighted by atomic mass is 32.2. The number of ether oxygens (including phenoxy) is 2. The van der Waals surface area contributed by atoms with Crippen molar-refractivity contribution >= 4 is 10.0 Å². The van der Waals surface area contributed by atoms with Gasteiger partial charge in [0.15, 0.2) is 11.5 Å². The first-order valence-corrected chi connectivity index (χ1v) is 11.2. The molecule has 1 unspecified atom stereocenters. The lowest BCUT2D eigenvalue weighted by atomic mass is 9.91. The molecule has 0 bridgehead atoms. The van der Waals surface area contributed by atoms with Gasteiger partial charge in [0.05, 0.1) is 5.75 Å². The molecule has 4 rings (SSSR count). The van der Waals surface area contributed by atoms with E-state index in [0.29, 0.717) is 31.6 Å². The third kappa shape index (κ3) is 4.82. The van der Waals surface area contributed by atoms with E-state index in [0.717, 1.165) is 23.5 Å². The van der Waals surface area contributed by atoms with E-state index in [2.05, 4.69) is 16.9 Å². The molecule has 2 aliphatic rings. The fourth-order valence-electron chi connectivity index (χ4n) is 3.68. The van der Waals surface area contributed by atoms with Crippen LogP contribution in [0.2, 0.25) is 0 Å². The molecule has 0 radical (unpaired) electrons. The van der Waals surface area contributed by atoms with Crippen LogP contribution in [0.1, 0.15) is 36.3 Å². The summed E-state index contributed by atoms with van der Waals surface area (Å²) in [6, 6.07) is 15.4. The molecule has 1 heterocycles. The van der Waals surface area contributed by atoms with Crippen molar-refractivity contribution in [3.05, 3.63) is 59.7 Å². The molecule has 5 nitrogen and oxygen atoms in total. The molecule has 1 aliphatic heterocycles. The standard InChI is InChI=1S/C21H25NO4S/c23-27(24,15-16-4-2-1-3-5-16)22-11-10-19(17-6-7-17)18-8-9-20-21(14-18)26-13-12-25-20/h1-5,8-9,14,17,19,22H,6-7,10-13,15H2. The normalized spacial score (nSPS) is 17.5. The van der Waals surface area contributed by atoms with Gasteiger partial charge in [-0.1, -0.05) is 36.4 Å². The summed E-state index contributed by atoms with van der Waals surface area (Å²) >= 11 is 0. The Bertz CT molecular complexity index is 878. The summed E-state index contributed by atoms with van der Waals surface area (Å²) in [4.78, 5) is 0. The van der Waals surface area contributed by atoms with E-state index < -0.39 is 10.0 Å². The molecule has 0 saturated heterocycles. The predicted octanol–water partition coefficient (Wildman–Crippen LogP) is 3.46. The fraction of sp³-hybridized carbons (Fsp3) is 0.429. The summed E-state index contributed by atoms with van der Waals surface area (Å²) in [6.45, 7) is 1.61. The van der Waals surface area contributed by atoms with E-state index in [1.807, 2.05) is 36.4 Å². The average molecular weight is 388 g/mol. The van der Waals surface area contributed by atoms with Gasteiger partial charge in [-0.05, 0) is 54.4 Å². The van der Waals surface area contributed by atoms with Gasteiger partial charge >= 0.3 is 0 Å². The van der Waals surface area contributed by atoms with Gasteiger partial charge in [0.25, 0.3) is 0 Å². The van der Waals surface area contributed by atoms with Crippen LogP contribution in [-0.4, -0.2) is 28.2 Å². The van der Waals surface area contributed by atoms with Crippen LogP contribution in [0.4, 0.5) is 0 Å². The molecule has 2 aromatic rings. The fourth-order valence-corrected chi connectivity index (χ4v) is 4.84. The monoisotopic (exact) mass is 387 g/mol. The Kier molecular flexibility index (Phi) is 5.36. The van der Waals surface area contributed by atoms with Crippen LogP contribution < -0.4 is 14.2 Å². The lowest BCUT2D eigenvalue weighted by Crippen LogP contribution is -2.27. The molecule has 1 atom stereocenters. The third-order valence-electron chi connectivity index (χ3n) is 5.16. The molecule has 0 aromatic heterocycles. The summed E-state index contributed by atoms with van der Waals surface area (Å²) in [5, 5.41) is 0. The summed E-state index contributed by atoms with van der Waals surface area (Å²) in [5.41, 5.74) is 2.01. The van der Waals surface area contributed by atoms with Crippen LogP contribution in [0, 0.1) is 5.92 Å². The van der Waals surface area contributed by atoms with Crippen molar-refractivity contribution in [2.45, 2.75) is 30.9 Å². The number of fused-ring (bicyclic) bond motifs is 1. The Morgan fingerprint density at radius 2 is 1.74 bits per heavy atom. The molecule has 27 heavy (non-hydrogen) atoms. The molecule has 1 N–H and O–H groups in total. The van der Waals surface area contributed by atoms with E-state index in [9.17, 15) is 8.42 Å². The molecule has 0 spiro atoms. The van der Waals surface area contributed by atoms with Crippen molar-refractivity contribution in [2.75, 3.05) is 19.8 Å².